The van der Waals surface area contributed by atoms with E-state index in [-0.39, 0.29) is 0 Å². The molecule has 0 aliphatic heterocycles. The van der Waals surface area contributed by atoms with Gasteiger partial charge in [-0.15, -0.1) is 0 Å². The molecule has 0 amide bonds. The Balaban J connectivity index is 3.20. The molecule has 0 bridgehead atoms. The quantitative estimate of drug-likeness (QED) is 0.719. The molecule has 0 heterocycles. The maximum atomic E-state index is 13.5. The second-order valence-corrected chi connectivity index (χ2v) is 3.00. The zero-order valence-corrected chi connectivity index (χ0v) is 7.64. The van der Waals surface area contributed by atoms with Gasteiger partial charge in [0.05, 0.1) is 0 Å². The first-order valence-corrected chi connectivity index (χ1v) is 4.10. The summed E-state index contributed by atoms with van der Waals surface area (Å²) in [6, 6.07) is 6.41. The molecule has 14 heavy (non-hydrogen) atoms. The van der Waals surface area contributed by atoms with Crippen molar-refractivity contribution in [3.05, 3.63) is 35.9 Å². The van der Waals surface area contributed by atoms with Gasteiger partial charge in [0.25, 0.3) is 17.3 Å². The van der Waals surface area contributed by atoms with E-state index in [1.165, 1.54) is 18.2 Å². The molecule has 0 N–H and O–H groups in total. The molecule has 5 heteroatoms. The zero-order chi connectivity index (χ0) is 10.8. The lowest BCUT2D eigenvalue weighted by Gasteiger charge is -2.19. The molecule has 0 aliphatic carbocycles. The lowest BCUT2D eigenvalue weighted by Crippen LogP contribution is -2.35. The van der Waals surface area contributed by atoms with Crippen molar-refractivity contribution >= 4 is 16.8 Å². The standard InChI is InChI=1S/C9H6ClF3O/c10-7(14)9(13,8(11)12)6-4-2-1-3-5-6/h1-5,8H. The van der Waals surface area contributed by atoms with Crippen LogP contribution >= 0.6 is 11.6 Å². The molecule has 0 radical (unpaired) electrons. The van der Waals surface area contributed by atoms with Crippen molar-refractivity contribution < 1.29 is 18.0 Å². The molecule has 0 saturated carbocycles. The summed E-state index contributed by atoms with van der Waals surface area (Å²) in [5.41, 5.74) is -3.85. The van der Waals surface area contributed by atoms with Crippen molar-refractivity contribution in [1.82, 2.24) is 0 Å². The largest absolute Gasteiger partial charge is 0.284 e. The maximum absolute atomic E-state index is 13.5. The number of halogens is 4. The maximum Gasteiger partial charge on any atom is 0.284 e. The zero-order valence-electron chi connectivity index (χ0n) is 6.88. The third kappa shape index (κ3) is 1.75. The van der Waals surface area contributed by atoms with Gasteiger partial charge in [0.15, 0.2) is 0 Å². The lowest BCUT2D eigenvalue weighted by molar-refractivity contribution is -0.134. The van der Waals surface area contributed by atoms with Crippen molar-refractivity contribution in [2.75, 3.05) is 0 Å². The summed E-state index contributed by atoms with van der Waals surface area (Å²) in [5.74, 6) is 0. The average molecular weight is 223 g/mol. The Morgan fingerprint density at radius 2 is 1.79 bits per heavy atom. The van der Waals surface area contributed by atoms with Crippen LogP contribution in [0.25, 0.3) is 0 Å². The predicted octanol–water partition coefficient (Wildman–Crippen LogP) is 2.88. The van der Waals surface area contributed by atoms with E-state index in [0.717, 1.165) is 12.1 Å². The smallest absolute Gasteiger partial charge is 0.277 e. The molecule has 76 valence electrons. The molecule has 1 aromatic rings. The van der Waals surface area contributed by atoms with Gasteiger partial charge in [-0.2, -0.15) is 0 Å². The number of alkyl halides is 3. The molecule has 0 aromatic heterocycles. The highest BCUT2D eigenvalue weighted by atomic mass is 35.5. The van der Waals surface area contributed by atoms with Gasteiger partial charge >= 0.3 is 0 Å². The van der Waals surface area contributed by atoms with Crippen molar-refractivity contribution in [3.8, 4) is 0 Å². The number of benzene rings is 1. The molecule has 0 saturated heterocycles. The van der Waals surface area contributed by atoms with Crippen LogP contribution < -0.4 is 0 Å². The number of hydrogen-bond donors (Lipinski definition) is 0. The summed E-state index contributed by atoms with van der Waals surface area (Å²) in [6.45, 7) is 0. The monoisotopic (exact) mass is 222 g/mol. The highest BCUT2D eigenvalue weighted by Gasteiger charge is 2.48. The van der Waals surface area contributed by atoms with Gasteiger partial charge in [0.1, 0.15) is 0 Å². The van der Waals surface area contributed by atoms with Gasteiger partial charge in [-0.05, 0) is 11.6 Å². The second kappa shape index (κ2) is 4.00. The molecule has 1 unspecified atom stereocenters. The van der Waals surface area contributed by atoms with Crippen molar-refractivity contribution in [3.63, 3.8) is 0 Å². The van der Waals surface area contributed by atoms with Gasteiger partial charge in [0.2, 0.25) is 0 Å². The SMILES string of the molecule is O=C(Cl)C(F)(c1ccccc1)C(F)F. The Bertz CT molecular complexity index is 328. The van der Waals surface area contributed by atoms with Crippen LogP contribution in [-0.2, 0) is 10.5 Å². The van der Waals surface area contributed by atoms with Gasteiger partial charge in [-0.3, -0.25) is 4.79 Å². The first kappa shape index (κ1) is 11.0. The summed E-state index contributed by atoms with van der Waals surface area (Å²) in [5, 5.41) is -1.71. The van der Waals surface area contributed by atoms with Crippen LogP contribution in [0.5, 0.6) is 0 Å². The van der Waals surface area contributed by atoms with Crippen LogP contribution in [-0.4, -0.2) is 11.7 Å². The molecular formula is C9H6ClF3O. The van der Waals surface area contributed by atoms with Crippen molar-refractivity contribution in [2.45, 2.75) is 12.1 Å². The average Bonchev–Trinajstić information content (AvgIpc) is 2.17. The summed E-state index contributed by atoms with van der Waals surface area (Å²) in [7, 11) is 0. The summed E-state index contributed by atoms with van der Waals surface area (Å²) in [6.07, 6.45) is -3.48. The predicted molar refractivity (Wildman–Crippen MR) is 46.1 cm³/mol. The summed E-state index contributed by atoms with van der Waals surface area (Å²) >= 11 is 4.82. The fraction of sp³-hybridized carbons (Fsp3) is 0.222. The third-order valence-electron chi connectivity index (χ3n) is 1.78. The third-order valence-corrected chi connectivity index (χ3v) is 2.06. The summed E-state index contributed by atoms with van der Waals surface area (Å²) in [4.78, 5) is 10.6. The van der Waals surface area contributed by atoms with E-state index in [2.05, 4.69) is 0 Å². The normalized spacial score (nSPS) is 15.2. The van der Waals surface area contributed by atoms with Crippen LogP contribution in [0.2, 0.25) is 0 Å². The van der Waals surface area contributed by atoms with Gasteiger partial charge in [0, 0.05) is 5.56 Å². The van der Waals surface area contributed by atoms with Gasteiger partial charge < -0.3 is 0 Å². The minimum atomic E-state index is -3.48. The Kier molecular flexibility index (Phi) is 3.16. The van der Waals surface area contributed by atoms with Crippen LogP contribution in [0.4, 0.5) is 13.2 Å². The van der Waals surface area contributed by atoms with E-state index < -0.39 is 22.9 Å². The molecule has 1 rings (SSSR count). The Morgan fingerprint density at radius 1 is 1.29 bits per heavy atom. The van der Waals surface area contributed by atoms with E-state index in [0.29, 0.717) is 0 Å². The van der Waals surface area contributed by atoms with E-state index in [1.54, 1.807) is 0 Å². The number of carbonyl (C=O) groups excluding carboxylic acids is 1. The fourth-order valence-corrected chi connectivity index (χ4v) is 1.20. The van der Waals surface area contributed by atoms with E-state index in [9.17, 15) is 18.0 Å². The van der Waals surface area contributed by atoms with Crippen LogP contribution in [0.3, 0.4) is 0 Å². The minimum Gasteiger partial charge on any atom is -0.277 e. The van der Waals surface area contributed by atoms with Crippen molar-refractivity contribution in [2.24, 2.45) is 0 Å². The highest BCUT2D eigenvalue weighted by Crippen LogP contribution is 2.34. The number of carbonyl (C=O) groups is 1. The van der Waals surface area contributed by atoms with Crippen molar-refractivity contribution in [1.29, 1.82) is 0 Å². The molecule has 0 spiro atoms. The van der Waals surface area contributed by atoms with E-state index >= 15 is 0 Å². The molecule has 1 aromatic carbocycles. The number of hydrogen-bond acceptors (Lipinski definition) is 1. The summed E-state index contributed by atoms with van der Waals surface area (Å²) < 4.78 is 38.2. The first-order valence-electron chi connectivity index (χ1n) is 3.72. The molecular weight excluding hydrogens is 217 g/mol. The second-order valence-electron chi connectivity index (χ2n) is 2.65. The van der Waals surface area contributed by atoms with E-state index in [1.807, 2.05) is 0 Å². The van der Waals surface area contributed by atoms with Crippen LogP contribution in [0.1, 0.15) is 5.56 Å². The highest BCUT2D eigenvalue weighted by molar-refractivity contribution is 6.65. The van der Waals surface area contributed by atoms with E-state index in [4.69, 9.17) is 11.6 Å². The lowest BCUT2D eigenvalue weighted by atomic mass is 9.98. The first-order chi connectivity index (χ1) is 6.49. The molecule has 1 atom stereocenters. The minimum absolute atomic E-state index is 0.435. The van der Waals surface area contributed by atoms with Gasteiger partial charge in [-0.25, -0.2) is 13.2 Å². The Labute approximate surface area is 83.5 Å². The Hall–Kier alpha value is -1.03. The van der Waals surface area contributed by atoms with Crippen LogP contribution in [0.15, 0.2) is 30.3 Å². The number of rotatable bonds is 3. The van der Waals surface area contributed by atoms with Gasteiger partial charge in [-0.1, -0.05) is 30.3 Å². The molecule has 0 aliphatic rings. The molecule has 0 fully saturated rings. The Morgan fingerprint density at radius 3 is 2.14 bits per heavy atom. The fourth-order valence-electron chi connectivity index (χ4n) is 1.01. The van der Waals surface area contributed by atoms with Crippen LogP contribution in [0, 0.1) is 0 Å². The topological polar surface area (TPSA) is 17.1 Å². The molecule has 1 nitrogen and oxygen atoms in total.